The van der Waals surface area contributed by atoms with Crippen molar-refractivity contribution in [2.24, 2.45) is 16.4 Å². The molecule has 0 radical (unpaired) electrons. The number of amides is 3. The number of carbonyl (C=O) groups excluding carboxylic acids is 3. The second-order valence-electron chi connectivity index (χ2n) is 14.9. The normalized spacial score (nSPS) is 17.0. The lowest BCUT2D eigenvalue weighted by Crippen LogP contribution is -2.48. The summed E-state index contributed by atoms with van der Waals surface area (Å²) in [6.45, 7) is 4.38. The van der Waals surface area contributed by atoms with Gasteiger partial charge in [0.05, 0.1) is 30.7 Å². The predicted octanol–water partition coefficient (Wildman–Crippen LogP) is 3.07. The standard InChI is InChI=1S/C33H36N4O6.C7H17NO5/c1-33(2,3)28(38)19-36-25-15-8-7-14-24(25)30(21-10-5-4-6-11-21)35-37(32(36)42)20-29(39)34-23-13-9-12-22(18-23)26-16-17-27(43-26)31(40)41;1-8-2-4(10)6(12)7(13)5(11)3-9/h7-9,12-18,21H,4-6,10-11,19-20H2,1-3H3,(H,34,39)(H,40,41);4-13H,2-3H2,1H3/t;4-,5+,6+,7+/m.0/s1. The third-order valence-electron chi connectivity index (χ3n) is 9.56. The first-order valence-electron chi connectivity index (χ1n) is 18.6. The smallest absolute Gasteiger partial charge is 0.371 e. The van der Waals surface area contributed by atoms with Gasteiger partial charge in [-0.3, -0.25) is 14.5 Å². The predicted molar refractivity (Wildman–Crippen MR) is 208 cm³/mol. The van der Waals surface area contributed by atoms with Gasteiger partial charge in [0.25, 0.3) is 0 Å². The summed E-state index contributed by atoms with van der Waals surface area (Å²) in [6.07, 6.45) is -0.501. The van der Waals surface area contributed by atoms with Gasteiger partial charge in [-0.05, 0) is 50.2 Å². The third kappa shape index (κ3) is 11.3. The van der Waals surface area contributed by atoms with Gasteiger partial charge in [-0.15, -0.1) is 0 Å². The van der Waals surface area contributed by atoms with E-state index in [2.05, 4.69) is 10.6 Å². The summed E-state index contributed by atoms with van der Waals surface area (Å²) < 4.78 is 5.39. The maximum atomic E-state index is 14.0. The van der Waals surface area contributed by atoms with Gasteiger partial charge in [0.15, 0.2) is 5.78 Å². The molecule has 3 aromatic rings. The van der Waals surface area contributed by atoms with Crippen molar-refractivity contribution < 1.29 is 54.2 Å². The van der Waals surface area contributed by atoms with E-state index in [1.807, 2.05) is 45.0 Å². The maximum absolute atomic E-state index is 14.0. The lowest BCUT2D eigenvalue weighted by atomic mass is 9.83. The summed E-state index contributed by atoms with van der Waals surface area (Å²) in [5, 5.41) is 65.5. The van der Waals surface area contributed by atoms with E-state index >= 15 is 0 Å². The number of urea groups is 1. The summed E-state index contributed by atoms with van der Waals surface area (Å²) >= 11 is 0. The van der Waals surface area contributed by atoms with Crippen LogP contribution in [0.3, 0.4) is 0 Å². The van der Waals surface area contributed by atoms with Crippen LogP contribution in [0.4, 0.5) is 16.2 Å². The van der Waals surface area contributed by atoms with Crippen LogP contribution in [-0.2, 0) is 9.59 Å². The molecule has 2 aliphatic rings. The first kappa shape index (κ1) is 43.8. The lowest BCUT2D eigenvalue weighted by molar-refractivity contribution is -0.124. The molecule has 0 spiro atoms. The van der Waals surface area contributed by atoms with Crippen molar-refractivity contribution in [3.8, 4) is 11.3 Å². The van der Waals surface area contributed by atoms with Crippen molar-refractivity contribution in [2.45, 2.75) is 77.3 Å². The number of carboxylic acids is 1. The van der Waals surface area contributed by atoms with E-state index in [9.17, 15) is 24.3 Å². The molecule has 8 N–H and O–H groups in total. The number of nitrogens with one attached hydrogen (secondary N) is 2. The SMILES string of the molecule is CC(C)(C)C(=O)CN1C(=O)N(CC(=O)Nc2cccc(-c3ccc(C(=O)O)o3)c2)N=C(C2CCCCC2)c2ccccc21.CNC[C@H](O)[C@@H](O)[C@H](O)[C@H](O)CO. The maximum Gasteiger partial charge on any atom is 0.371 e. The topological polar surface area (TPSA) is 246 Å². The van der Waals surface area contributed by atoms with Gasteiger partial charge >= 0.3 is 12.0 Å². The van der Waals surface area contributed by atoms with E-state index in [4.69, 9.17) is 35.1 Å². The van der Waals surface area contributed by atoms with Gasteiger partial charge < -0.3 is 45.7 Å². The fourth-order valence-corrected chi connectivity index (χ4v) is 6.30. The third-order valence-corrected chi connectivity index (χ3v) is 9.56. The number of likely N-dealkylation sites (N-methyl/N-ethyl adjacent to an activating group) is 1. The summed E-state index contributed by atoms with van der Waals surface area (Å²) in [4.78, 5) is 53.2. The Morgan fingerprint density at radius 1 is 0.911 bits per heavy atom. The molecule has 0 bridgehead atoms. The van der Waals surface area contributed by atoms with Crippen LogP contribution in [0.15, 0.2) is 70.2 Å². The molecule has 16 heteroatoms. The van der Waals surface area contributed by atoms with Crippen LogP contribution in [0.25, 0.3) is 11.3 Å². The van der Waals surface area contributed by atoms with E-state index in [-0.39, 0.29) is 37.1 Å². The highest BCUT2D eigenvalue weighted by atomic mass is 16.4. The summed E-state index contributed by atoms with van der Waals surface area (Å²) in [7, 11) is 1.57. The van der Waals surface area contributed by atoms with Gasteiger partial charge in [-0.25, -0.2) is 14.6 Å². The van der Waals surface area contributed by atoms with Crippen molar-refractivity contribution in [1.29, 1.82) is 0 Å². The molecule has 1 aliphatic heterocycles. The zero-order chi connectivity index (χ0) is 41.2. The molecule has 304 valence electrons. The molecule has 3 amide bonds. The minimum atomic E-state index is -1.55. The van der Waals surface area contributed by atoms with Crippen molar-refractivity contribution in [1.82, 2.24) is 10.3 Å². The summed E-state index contributed by atoms with van der Waals surface area (Å²) in [5.74, 6) is -1.47. The number of hydrogen-bond donors (Lipinski definition) is 8. The minimum Gasteiger partial charge on any atom is -0.475 e. The Balaban J connectivity index is 0.000000460. The Labute approximate surface area is 325 Å². The first-order valence-corrected chi connectivity index (χ1v) is 18.6. The van der Waals surface area contributed by atoms with Crippen molar-refractivity contribution in [3.05, 3.63) is 72.0 Å². The fourth-order valence-electron chi connectivity index (χ4n) is 6.30. The molecule has 0 unspecified atom stereocenters. The number of aliphatic hydroxyl groups is 5. The van der Waals surface area contributed by atoms with E-state index in [0.29, 0.717) is 22.7 Å². The number of anilines is 2. The second-order valence-corrected chi connectivity index (χ2v) is 14.9. The molecule has 0 saturated heterocycles. The van der Waals surface area contributed by atoms with Crippen LogP contribution < -0.4 is 15.5 Å². The zero-order valence-electron chi connectivity index (χ0n) is 32.1. The number of ketones is 1. The molecular formula is C40H53N5O11. The number of Topliss-reactive ketones (excluding diaryl/α,β-unsaturated/α-hetero) is 1. The Morgan fingerprint density at radius 2 is 1.59 bits per heavy atom. The number of furan rings is 1. The highest BCUT2D eigenvalue weighted by molar-refractivity contribution is 6.13. The van der Waals surface area contributed by atoms with Gasteiger partial charge in [0.2, 0.25) is 11.7 Å². The van der Waals surface area contributed by atoms with Crippen LogP contribution in [-0.4, -0.2) is 123 Å². The number of aliphatic hydroxyl groups excluding tert-OH is 5. The van der Waals surface area contributed by atoms with Crippen molar-refractivity contribution in [2.75, 3.05) is 43.5 Å². The number of carbonyl (C=O) groups is 4. The molecule has 16 nitrogen and oxygen atoms in total. The van der Waals surface area contributed by atoms with Gasteiger partial charge in [-0.1, -0.05) is 70.4 Å². The summed E-state index contributed by atoms with van der Waals surface area (Å²) in [5.41, 5.74) is 2.54. The van der Waals surface area contributed by atoms with Crippen molar-refractivity contribution >= 4 is 40.8 Å². The molecule has 1 aromatic heterocycles. The van der Waals surface area contributed by atoms with Crippen molar-refractivity contribution in [3.63, 3.8) is 0 Å². The number of hydrogen-bond acceptors (Lipinski definition) is 12. The average molecular weight is 780 g/mol. The number of hydrazone groups is 1. The quantitative estimate of drug-likeness (QED) is 0.118. The number of rotatable bonds is 14. The second kappa shape index (κ2) is 19.8. The van der Waals surface area contributed by atoms with Crippen LogP contribution in [0.2, 0.25) is 0 Å². The molecule has 56 heavy (non-hydrogen) atoms. The monoisotopic (exact) mass is 779 g/mol. The fraction of sp³-hybridized carbons (Fsp3) is 0.475. The number of benzene rings is 2. The van der Waals surface area contributed by atoms with Gasteiger partial charge in [0.1, 0.15) is 30.6 Å². The van der Waals surface area contributed by atoms with E-state index < -0.39 is 54.3 Å². The highest BCUT2D eigenvalue weighted by Gasteiger charge is 2.36. The van der Waals surface area contributed by atoms with E-state index in [0.717, 1.165) is 43.4 Å². The molecule has 5 rings (SSSR count). The Hall–Kier alpha value is -4.97. The first-order chi connectivity index (χ1) is 26.5. The van der Waals surface area contributed by atoms with Crippen LogP contribution in [0.1, 0.15) is 69.0 Å². The van der Waals surface area contributed by atoms with Crippen LogP contribution >= 0.6 is 0 Å². The Bertz CT molecular complexity index is 1850. The number of fused-ring (bicyclic) bond motifs is 1. The zero-order valence-corrected chi connectivity index (χ0v) is 32.1. The number of para-hydroxylation sites is 1. The number of nitrogens with zero attached hydrogens (tertiary/aromatic N) is 3. The molecule has 2 aromatic carbocycles. The molecular weight excluding hydrogens is 726 g/mol. The average Bonchev–Trinajstić information content (AvgIpc) is 3.65. The van der Waals surface area contributed by atoms with Crippen LogP contribution in [0, 0.1) is 11.3 Å². The molecule has 1 fully saturated rings. The Morgan fingerprint density at radius 3 is 2.21 bits per heavy atom. The highest BCUT2D eigenvalue weighted by Crippen LogP contribution is 2.35. The van der Waals surface area contributed by atoms with Gasteiger partial charge in [0, 0.05) is 34.7 Å². The number of carboxylic acid groups (broad SMARTS) is 1. The summed E-state index contributed by atoms with van der Waals surface area (Å²) in [6, 6.07) is 16.7. The lowest BCUT2D eigenvalue weighted by Gasteiger charge is -2.28. The molecule has 4 atom stereocenters. The molecule has 1 aliphatic carbocycles. The van der Waals surface area contributed by atoms with Gasteiger partial charge in [-0.2, -0.15) is 5.10 Å². The number of aromatic carboxylic acids is 1. The van der Waals surface area contributed by atoms with E-state index in [1.165, 1.54) is 16.0 Å². The Kier molecular flexibility index (Phi) is 15.4. The van der Waals surface area contributed by atoms with E-state index in [1.54, 1.807) is 37.4 Å². The van der Waals surface area contributed by atoms with Crippen LogP contribution in [0.5, 0.6) is 0 Å². The largest absolute Gasteiger partial charge is 0.475 e. The molecule has 1 saturated carbocycles. The minimum absolute atomic E-state index is 0.0936. The molecule has 2 heterocycles.